The van der Waals surface area contributed by atoms with Crippen LogP contribution in [0.3, 0.4) is 0 Å². The highest BCUT2D eigenvalue weighted by Gasteiger charge is 2.30. The van der Waals surface area contributed by atoms with Crippen molar-refractivity contribution in [2.75, 3.05) is 5.32 Å². The van der Waals surface area contributed by atoms with E-state index in [1.807, 2.05) is 74.5 Å². The van der Waals surface area contributed by atoms with Crippen LogP contribution in [-0.4, -0.2) is 27.8 Å². The van der Waals surface area contributed by atoms with Gasteiger partial charge in [0.25, 0.3) is 5.69 Å². The third-order valence-electron chi connectivity index (χ3n) is 5.88. The van der Waals surface area contributed by atoms with Crippen molar-refractivity contribution < 1.29 is 14.5 Å². The van der Waals surface area contributed by atoms with Gasteiger partial charge in [0.05, 0.1) is 16.5 Å². The molecule has 188 valence electrons. The highest BCUT2D eigenvalue weighted by molar-refractivity contribution is 7.14. The van der Waals surface area contributed by atoms with Crippen LogP contribution in [0.4, 0.5) is 10.8 Å². The molecule has 4 aromatic rings. The molecule has 0 fully saturated rings. The van der Waals surface area contributed by atoms with Crippen LogP contribution in [0.1, 0.15) is 30.9 Å². The van der Waals surface area contributed by atoms with Crippen molar-refractivity contribution in [3.05, 3.63) is 112 Å². The molecule has 0 spiro atoms. The summed E-state index contributed by atoms with van der Waals surface area (Å²) >= 11 is 1.24. The summed E-state index contributed by atoms with van der Waals surface area (Å²) in [7, 11) is 0. The van der Waals surface area contributed by atoms with Gasteiger partial charge in [-0.2, -0.15) is 0 Å². The molecule has 4 rings (SSSR count). The number of nitrogens with one attached hydrogen (secondary N) is 2. The second-order valence-electron chi connectivity index (χ2n) is 8.82. The Morgan fingerprint density at radius 1 is 0.865 bits per heavy atom. The standard InChI is InChI=1S/C28H26N4O4S/c1-18(2)25(30-26(33)24(20-9-5-3-6-10-20)21-11-7-4-8-12-21)27(34)31-28-29-23(17-37-28)19-13-15-22(16-14-19)32(35)36/h3-18,24-25H,1-2H3,(H,30,33)(H,29,31,34)/t25-/m0/s1. The van der Waals surface area contributed by atoms with Crippen LogP contribution >= 0.6 is 11.3 Å². The molecular formula is C28H26N4O4S. The smallest absolute Gasteiger partial charge is 0.269 e. The molecule has 0 aliphatic rings. The minimum atomic E-state index is -0.783. The van der Waals surface area contributed by atoms with Gasteiger partial charge in [0.1, 0.15) is 6.04 Å². The van der Waals surface area contributed by atoms with Gasteiger partial charge in [-0.15, -0.1) is 11.3 Å². The van der Waals surface area contributed by atoms with Crippen molar-refractivity contribution in [1.82, 2.24) is 10.3 Å². The van der Waals surface area contributed by atoms with Gasteiger partial charge in [-0.1, -0.05) is 74.5 Å². The summed E-state index contributed by atoms with van der Waals surface area (Å²) in [6.45, 7) is 3.74. The number of anilines is 1. The number of rotatable bonds is 9. The number of nitro benzene ring substituents is 1. The number of nitro groups is 1. The van der Waals surface area contributed by atoms with Crippen LogP contribution in [0.5, 0.6) is 0 Å². The highest BCUT2D eigenvalue weighted by atomic mass is 32.1. The molecular weight excluding hydrogens is 488 g/mol. The fraction of sp³-hybridized carbons (Fsp3) is 0.179. The van der Waals surface area contributed by atoms with Crippen LogP contribution in [-0.2, 0) is 9.59 Å². The van der Waals surface area contributed by atoms with Crippen LogP contribution in [0.15, 0.2) is 90.3 Å². The molecule has 0 saturated heterocycles. The van der Waals surface area contributed by atoms with E-state index in [9.17, 15) is 19.7 Å². The summed E-state index contributed by atoms with van der Waals surface area (Å²) in [6, 6.07) is 24.2. The van der Waals surface area contributed by atoms with Gasteiger partial charge < -0.3 is 10.6 Å². The van der Waals surface area contributed by atoms with Crippen LogP contribution in [0.25, 0.3) is 11.3 Å². The maximum atomic E-state index is 13.5. The van der Waals surface area contributed by atoms with Gasteiger partial charge in [-0.25, -0.2) is 4.98 Å². The number of amides is 2. The lowest BCUT2D eigenvalue weighted by Crippen LogP contribution is -2.48. The van der Waals surface area contributed by atoms with Gasteiger partial charge in [-0.05, 0) is 29.2 Å². The number of non-ortho nitro benzene ring substituents is 1. The Hall–Kier alpha value is -4.37. The van der Waals surface area contributed by atoms with Crippen LogP contribution in [0.2, 0.25) is 0 Å². The van der Waals surface area contributed by atoms with Gasteiger partial charge in [0.2, 0.25) is 11.8 Å². The molecule has 1 atom stereocenters. The third-order valence-corrected chi connectivity index (χ3v) is 6.64. The second kappa shape index (κ2) is 11.6. The first-order valence-corrected chi connectivity index (χ1v) is 12.6. The average molecular weight is 515 g/mol. The zero-order chi connectivity index (χ0) is 26.4. The average Bonchev–Trinajstić information content (AvgIpc) is 3.37. The number of carbonyl (C=O) groups excluding carboxylic acids is 2. The first-order valence-electron chi connectivity index (χ1n) is 11.7. The summed E-state index contributed by atoms with van der Waals surface area (Å²) in [5.41, 5.74) is 2.95. The van der Waals surface area contributed by atoms with Crippen molar-refractivity contribution >= 4 is 34.0 Å². The third kappa shape index (κ3) is 6.25. The zero-order valence-electron chi connectivity index (χ0n) is 20.3. The maximum Gasteiger partial charge on any atom is 0.269 e. The second-order valence-corrected chi connectivity index (χ2v) is 9.67. The predicted molar refractivity (Wildman–Crippen MR) is 144 cm³/mol. The Bertz CT molecular complexity index is 1330. The van der Waals surface area contributed by atoms with E-state index in [0.717, 1.165) is 11.1 Å². The maximum absolute atomic E-state index is 13.5. The Morgan fingerprint density at radius 2 is 1.43 bits per heavy atom. The Balaban J connectivity index is 1.50. The van der Waals surface area contributed by atoms with E-state index in [1.54, 1.807) is 17.5 Å². The summed E-state index contributed by atoms with van der Waals surface area (Å²) in [5.74, 6) is -1.37. The van der Waals surface area contributed by atoms with Crippen LogP contribution in [0, 0.1) is 16.0 Å². The monoisotopic (exact) mass is 514 g/mol. The molecule has 2 amide bonds. The highest BCUT2D eigenvalue weighted by Crippen LogP contribution is 2.28. The quantitative estimate of drug-likeness (QED) is 0.222. The van der Waals surface area contributed by atoms with E-state index in [-0.39, 0.29) is 23.4 Å². The van der Waals surface area contributed by atoms with Crippen LogP contribution < -0.4 is 10.6 Å². The molecule has 1 heterocycles. The molecule has 0 saturated carbocycles. The SMILES string of the molecule is CC(C)[C@H](NC(=O)C(c1ccccc1)c1ccccc1)C(=O)Nc1nc(-c2ccc([N+](=O)[O-])cc2)cs1. The topological polar surface area (TPSA) is 114 Å². The van der Waals surface area contributed by atoms with Crippen molar-refractivity contribution in [3.8, 4) is 11.3 Å². The molecule has 37 heavy (non-hydrogen) atoms. The van der Waals surface area contributed by atoms with E-state index in [2.05, 4.69) is 15.6 Å². The first-order chi connectivity index (χ1) is 17.8. The van der Waals surface area contributed by atoms with Crippen molar-refractivity contribution in [3.63, 3.8) is 0 Å². The Kier molecular flexibility index (Phi) is 8.05. The summed E-state index contributed by atoms with van der Waals surface area (Å²) < 4.78 is 0. The minimum Gasteiger partial charge on any atom is -0.343 e. The Labute approximate surface area is 218 Å². The van der Waals surface area contributed by atoms with Crippen molar-refractivity contribution in [1.29, 1.82) is 0 Å². The number of benzene rings is 3. The molecule has 0 unspecified atom stereocenters. The molecule has 3 aromatic carbocycles. The molecule has 0 radical (unpaired) electrons. The van der Waals surface area contributed by atoms with Crippen molar-refractivity contribution in [2.45, 2.75) is 25.8 Å². The molecule has 0 aliphatic carbocycles. The number of carbonyl (C=O) groups is 2. The van der Waals surface area contributed by atoms with Gasteiger partial charge in [0, 0.05) is 23.1 Å². The van der Waals surface area contributed by atoms with E-state index >= 15 is 0 Å². The predicted octanol–water partition coefficient (Wildman–Crippen LogP) is 5.63. The zero-order valence-corrected chi connectivity index (χ0v) is 21.1. The Morgan fingerprint density at radius 3 is 1.95 bits per heavy atom. The fourth-order valence-corrected chi connectivity index (χ4v) is 4.68. The van der Waals surface area contributed by atoms with E-state index in [4.69, 9.17) is 0 Å². The van der Waals surface area contributed by atoms with E-state index < -0.39 is 16.9 Å². The minimum absolute atomic E-state index is 0.00710. The lowest BCUT2D eigenvalue weighted by molar-refractivity contribution is -0.384. The molecule has 2 N–H and O–H groups in total. The van der Waals surface area contributed by atoms with E-state index in [1.165, 1.54) is 23.5 Å². The normalized spacial score (nSPS) is 11.8. The molecule has 1 aromatic heterocycles. The summed E-state index contributed by atoms with van der Waals surface area (Å²) in [4.78, 5) is 41.6. The number of hydrogen-bond donors (Lipinski definition) is 2. The molecule has 0 bridgehead atoms. The molecule has 0 aliphatic heterocycles. The lowest BCUT2D eigenvalue weighted by Gasteiger charge is -2.25. The van der Waals surface area contributed by atoms with Crippen molar-refractivity contribution in [2.24, 2.45) is 5.92 Å². The molecule has 8 nitrogen and oxygen atoms in total. The number of nitrogens with zero attached hydrogens (tertiary/aromatic N) is 2. The lowest BCUT2D eigenvalue weighted by atomic mass is 9.89. The number of aromatic nitrogens is 1. The fourth-order valence-electron chi connectivity index (χ4n) is 3.96. The van der Waals surface area contributed by atoms with Gasteiger partial charge in [-0.3, -0.25) is 19.7 Å². The largest absolute Gasteiger partial charge is 0.343 e. The number of thiazole rings is 1. The number of hydrogen-bond acceptors (Lipinski definition) is 6. The van der Waals surface area contributed by atoms with E-state index in [0.29, 0.717) is 16.4 Å². The summed E-state index contributed by atoms with van der Waals surface area (Å²) in [5, 5.41) is 18.8. The van der Waals surface area contributed by atoms with Gasteiger partial charge >= 0.3 is 0 Å². The van der Waals surface area contributed by atoms with Gasteiger partial charge in [0.15, 0.2) is 5.13 Å². The summed E-state index contributed by atoms with van der Waals surface area (Å²) in [6.07, 6.45) is 0. The molecule has 9 heteroatoms. The first kappa shape index (κ1) is 25.7.